The number of piperidine rings is 2. The first kappa shape index (κ1) is 51.9. The standard InChI is InChI=1S/C18H21ClFN5O4S.C14H13ClFN3O3S.C6H14N2O2S/c1-29-15-8-13(19)14(20)7-11(15)16(26)12-9-22-18(24-17(12)21)23-10-3-5-25(6-4-10)30(2,27)28;1-3-23(21)14-18-6-8(13(17)19-14)12(20)7-4-10(16)9(15)5-11(7)22-2;1-11(9,10)8-4-2-6(7)3-5-8/h7-10H,3-6H2,1-2H3,(H3,21,22,23,24);4-6H,3H2,1-2H3,(H2,17,18,19);6H,2-5,7H2,1H3. The number of methoxy groups -OCH3 is 2. The third-order valence-electron chi connectivity index (χ3n) is 9.77. The highest BCUT2D eigenvalue weighted by Crippen LogP contribution is 2.31. The van der Waals surface area contributed by atoms with Gasteiger partial charge in [0.2, 0.25) is 42.7 Å². The van der Waals surface area contributed by atoms with Gasteiger partial charge in [0, 0.05) is 68.5 Å². The van der Waals surface area contributed by atoms with Crippen molar-refractivity contribution >= 4 is 83.2 Å². The van der Waals surface area contributed by atoms with Gasteiger partial charge < -0.3 is 32.0 Å². The lowest BCUT2D eigenvalue weighted by atomic mass is 10.0. The maximum absolute atomic E-state index is 13.8. The van der Waals surface area contributed by atoms with E-state index < -0.39 is 54.0 Å². The molecule has 19 nitrogen and oxygen atoms in total. The molecule has 350 valence electrons. The topological polar surface area (TPSA) is 286 Å². The number of carbonyl (C=O) groups excluding carboxylic acids is 2. The number of halogens is 4. The van der Waals surface area contributed by atoms with E-state index in [2.05, 4.69) is 25.3 Å². The Labute approximate surface area is 382 Å². The SMILES string of the molecule is CCS(=O)c1ncc(C(=O)c2cc(F)c(Cl)cc2OC)c(N)n1.COc1cc(Cl)c(F)cc1C(=O)c1cnc(NC2CCN(S(C)(=O)=O)CC2)nc1N.CS(=O)(=O)N1CCC(N)CC1. The summed E-state index contributed by atoms with van der Waals surface area (Å²) in [5, 5.41) is 2.80. The highest BCUT2D eigenvalue weighted by Gasteiger charge is 2.27. The van der Waals surface area contributed by atoms with Crippen molar-refractivity contribution in [3.05, 3.63) is 80.6 Å². The molecule has 0 aliphatic carbocycles. The van der Waals surface area contributed by atoms with Crippen LogP contribution in [0.15, 0.2) is 41.8 Å². The molecule has 4 aromatic rings. The molecule has 2 aliphatic heterocycles. The Morgan fingerprint density at radius 2 is 1.19 bits per heavy atom. The molecule has 0 bridgehead atoms. The molecule has 2 aromatic carbocycles. The molecule has 2 fully saturated rings. The lowest BCUT2D eigenvalue weighted by Gasteiger charge is -2.30. The van der Waals surface area contributed by atoms with E-state index in [1.165, 1.54) is 59.9 Å². The van der Waals surface area contributed by atoms with E-state index in [1.54, 1.807) is 6.92 Å². The van der Waals surface area contributed by atoms with Crippen LogP contribution < -0.4 is 32.0 Å². The minimum absolute atomic E-state index is 0.00697. The fraction of sp³-hybridized carbons (Fsp3) is 0.421. The van der Waals surface area contributed by atoms with Crippen LogP contribution in [0.5, 0.6) is 11.5 Å². The number of nitrogens with one attached hydrogen (secondary N) is 1. The minimum atomic E-state index is -3.21. The van der Waals surface area contributed by atoms with Crippen molar-refractivity contribution in [2.75, 3.05) is 75.4 Å². The third-order valence-corrected chi connectivity index (χ3v) is 14.1. The first-order chi connectivity index (χ1) is 30.0. The number of rotatable bonds is 12. The summed E-state index contributed by atoms with van der Waals surface area (Å²) in [5.74, 6) is -2.23. The van der Waals surface area contributed by atoms with Gasteiger partial charge in [0.1, 0.15) is 34.8 Å². The molecule has 1 unspecified atom stereocenters. The number of benzene rings is 2. The van der Waals surface area contributed by atoms with Gasteiger partial charge in [-0.3, -0.25) is 13.8 Å². The molecule has 0 spiro atoms. The van der Waals surface area contributed by atoms with Crippen molar-refractivity contribution in [2.45, 2.75) is 49.8 Å². The minimum Gasteiger partial charge on any atom is -0.496 e. The second-order valence-electron chi connectivity index (χ2n) is 14.2. The number of ketones is 2. The number of sulfonamides is 2. The van der Waals surface area contributed by atoms with Crippen LogP contribution in [0.4, 0.5) is 26.4 Å². The zero-order valence-corrected chi connectivity index (χ0v) is 39.3. The van der Waals surface area contributed by atoms with Gasteiger partial charge in [-0.15, -0.1) is 0 Å². The summed E-state index contributed by atoms with van der Waals surface area (Å²) in [6.45, 7) is 3.66. The summed E-state index contributed by atoms with van der Waals surface area (Å²) in [6.07, 6.45) is 7.58. The number of aromatic nitrogens is 4. The first-order valence-corrected chi connectivity index (χ1v) is 25.0. The highest BCUT2D eigenvalue weighted by atomic mass is 35.5. The van der Waals surface area contributed by atoms with E-state index in [1.807, 2.05) is 0 Å². The zero-order chi connectivity index (χ0) is 47.7. The van der Waals surface area contributed by atoms with Crippen molar-refractivity contribution in [1.29, 1.82) is 0 Å². The van der Waals surface area contributed by atoms with E-state index >= 15 is 0 Å². The van der Waals surface area contributed by atoms with Crippen molar-refractivity contribution in [3.63, 3.8) is 0 Å². The quantitative estimate of drug-likeness (QED) is 0.117. The second-order valence-corrected chi connectivity index (χ2v) is 20.7. The molecule has 0 amide bonds. The van der Waals surface area contributed by atoms with E-state index in [-0.39, 0.29) is 78.6 Å². The maximum atomic E-state index is 13.8. The summed E-state index contributed by atoms with van der Waals surface area (Å²) in [4.78, 5) is 41.3. The van der Waals surface area contributed by atoms with Crippen LogP contribution in [-0.4, -0.2) is 132 Å². The molecule has 2 saturated heterocycles. The van der Waals surface area contributed by atoms with Gasteiger partial charge in [-0.2, -0.15) is 4.98 Å². The van der Waals surface area contributed by atoms with Crippen LogP contribution in [0.1, 0.15) is 64.4 Å². The lowest BCUT2D eigenvalue weighted by Crippen LogP contribution is -2.42. The lowest BCUT2D eigenvalue weighted by molar-refractivity contribution is 0.102. The zero-order valence-electron chi connectivity index (χ0n) is 35.3. The normalized spacial score (nSPS) is 15.8. The van der Waals surface area contributed by atoms with Crippen molar-refractivity contribution < 1.29 is 48.9 Å². The Bertz CT molecular complexity index is 2600. The summed E-state index contributed by atoms with van der Waals surface area (Å²) < 4.78 is 97.3. The Kier molecular flexibility index (Phi) is 18.2. The molecule has 4 heterocycles. The average molecular weight is 994 g/mol. The number of nitrogen functional groups attached to an aromatic ring is 2. The van der Waals surface area contributed by atoms with Crippen molar-refractivity contribution in [3.8, 4) is 11.5 Å². The van der Waals surface area contributed by atoms with E-state index in [0.717, 1.165) is 25.0 Å². The van der Waals surface area contributed by atoms with Gasteiger partial charge in [0.15, 0.2) is 0 Å². The Balaban J connectivity index is 0.000000232. The largest absolute Gasteiger partial charge is 0.496 e. The van der Waals surface area contributed by atoms with E-state index in [9.17, 15) is 39.4 Å². The second kappa shape index (κ2) is 22.5. The van der Waals surface area contributed by atoms with Crippen LogP contribution in [0, 0.1) is 11.6 Å². The van der Waals surface area contributed by atoms with Gasteiger partial charge in [-0.05, 0) is 37.8 Å². The molecule has 0 radical (unpaired) electrons. The number of nitrogens with two attached hydrogens (primary N) is 3. The number of ether oxygens (including phenoxy) is 2. The van der Waals surface area contributed by atoms with Crippen LogP contribution in [0.2, 0.25) is 10.0 Å². The monoisotopic (exact) mass is 992 g/mol. The molecule has 2 aliphatic rings. The number of carbonyl (C=O) groups is 2. The van der Waals surface area contributed by atoms with E-state index in [4.69, 9.17) is 49.9 Å². The molecular weight excluding hydrogens is 946 g/mol. The van der Waals surface area contributed by atoms with Crippen LogP contribution in [0.3, 0.4) is 0 Å². The Morgan fingerprint density at radius 1 is 0.766 bits per heavy atom. The smallest absolute Gasteiger partial charge is 0.224 e. The van der Waals surface area contributed by atoms with Crippen molar-refractivity contribution in [2.24, 2.45) is 5.73 Å². The predicted octanol–water partition coefficient (Wildman–Crippen LogP) is 3.51. The fourth-order valence-corrected chi connectivity index (χ4v) is 8.88. The molecule has 64 heavy (non-hydrogen) atoms. The number of nitrogens with zero attached hydrogens (tertiary/aromatic N) is 6. The van der Waals surface area contributed by atoms with Gasteiger partial charge >= 0.3 is 0 Å². The number of anilines is 3. The molecule has 0 saturated carbocycles. The van der Waals surface area contributed by atoms with Crippen LogP contribution >= 0.6 is 23.2 Å². The Morgan fingerprint density at radius 3 is 1.58 bits per heavy atom. The van der Waals surface area contributed by atoms with Crippen LogP contribution in [0.25, 0.3) is 0 Å². The molecule has 2 aromatic heterocycles. The van der Waals surface area contributed by atoms with Gasteiger partial charge in [-0.25, -0.2) is 49.2 Å². The Hall–Kier alpha value is -4.69. The summed E-state index contributed by atoms with van der Waals surface area (Å²) in [7, 11) is -4.91. The molecule has 26 heteroatoms. The maximum Gasteiger partial charge on any atom is 0.224 e. The molecular formula is C38H48Cl2F2N10O9S3. The highest BCUT2D eigenvalue weighted by molar-refractivity contribution is 7.88. The van der Waals surface area contributed by atoms with Gasteiger partial charge in [0.05, 0.1) is 69.8 Å². The van der Waals surface area contributed by atoms with Gasteiger partial charge in [-0.1, -0.05) is 30.1 Å². The summed E-state index contributed by atoms with van der Waals surface area (Å²) in [6, 6.07) is 4.50. The molecule has 6 rings (SSSR count). The average Bonchev–Trinajstić information content (AvgIpc) is 3.24. The fourth-order valence-electron chi connectivity index (χ4n) is 6.19. The number of hydrogen-bond acceptors (Lipinski definition) is 17. The van der Waals surface area contributed by atoms with Gasteiger partial charge in [0.25, 0.3) is 0 Å². The third kappa shape index (κ3) is 13.7. The van der Waals surface area contributed by atoms with Crippen molar-refractivity contribution in [1.82, 2.24) is 28.5 Å². The predicted molar refractivity (Wildman–Crippen MR) is 239 cm³/mol. The molecule has 7 N–H and O–H groups in total. The molecule has 1 atom stereocenters. The number of hydrogen-bond donors (Lipinski definition) is 4. The van der Waals surface area contributed by atoms with E-state index in [0.29, 0.717) is 44.8 Å². The first-order valence-electron chi connectivity index (χ1n) is 19.2. The summed E-state index contributed by atoms with van der Waals surface area (Å²) in [5.41, 5.74) is 17.1. The van der Waals surface area contributed by atoms with Crippen LogP contribution in [-0.2, 0) is 30.8 Å². The summed E-state index contributed by atoms with van der Waals surface area (Å²) >= 11 is 11.4.